The van der Waals surface area contributed by atoms with Crippen LogP contribution in [0, 0.1) is 0 Å². The lowest BCUT2D eigenvalue weighted by Gasteiger charge is -2.32. The summed E-state index contributed by atoms with van der Waals surface area (Å²) in [5.41, 5.74) is 1.91. The molecule has 0 fully saturated rings. The zero-order valence-electron chi connectivity index (χ0n) is 13.1. The van der Waals surface area contributed by atoms with E-state index in [1.807, 2.05) is 0 Å². The first kappa shape index (κ1) is 16.7. The van der Waals surface area contributed by atoms with Crippen molar-refractivity contribution in [1.82, 2.24) is 0 Å². The number of unbranched alkanes of at least 4 members (excludes halogenated alkanes) is 4. The number of hydrogen-bond donors (Lipinski definition) is 0. The van der Waals surface area contributed by atoms with Crippen molar-refractivity contribution in [2.45, 2.75) is 64.0 Å². The largest absolute Gasteiger partial charge is 0.397 e. The van der Waals surface area contributed by atoms with Crippen LogP contribution in [0.1, 0.15) is 51.9 Å². The van der Waals surface area contributed by atoms with Gasteiger partial charge in [-0.1, -0.05) is 57.3 Å². The third-order valence-corrected chi connectivity index (χ3v) is 7.75. The van der Waals surface area contributed by atoms with Crippen molar-refractivity contribution < 1.29 is 8.85 Å². The molecule has 0 aromatic carbocycles. The summed E-state index contributed by atoms with van der Waals surface area (Å²) >= 11 is 0. The van der Waals surface area contributed by atoms with E-state index in [2.05, 4.69) is 31.7 Å². The zero-order valence-corrected chi connectivity index (χ0v) is 14.1. The van der Waals surface area contributed by atoms with Gasteiger partial charge in [0.25, 0.3) is 0 Å². The molecule has 0 spiro atoms. The average Bonchev–Trinajstić information content (AvgIpc) is 2.95. The summed E-state index contributed by atoms with van der Waals surface area (Å²) in [5, 5.41) is 0. The molecule has 3 heteroatoms. The quantitative estimate of drug-likeness (QED) is 0.416. The lowest BCUT2D eigenvalue weighted by atomic mass is 10.1. The Hall–Kier alpha value is -0.383. The molecule has 1 rings (SSSR count). The van der Waals surface area contributed by atoms with Gasteiger partial charge in [0.15, 0.2) is 0 Å². The average molecular weight is 282 g/mol. The van der Waals surface area contributed by atoms with Crippen LogP contribution >= 0.6 is 0 Å². The number of allylic oxidation sites excluding steroid dienone is 4. The standard InChI is InChI=1S/C16H30O2Si/c1-5-6-7-8-9-14-16(15-12-10-11-13-15)19(4,17-2)18-3/h10,12-13,16H,5-9,11,14H2,1-4H3. The Morgan fingerprint density at radius 2 is 1.84 bits per heavy atom. The van der Waals surface area contributed by atoms with Crippen LogP contribution < -0.4 is 0 Å². The minimum Gasteiger partial charge on any atom is -0.397 e. The van der Waals surface area contributed by atoms with Crippen LogP contribution in [0.4, 0.5) is 0 Å². The Morgan fingerprint density at radius 1 is 1.16 bits per heavy atom. The Morgan fingerprint density at radius 3 is 2.37 bits per heavy atom. The van der Waals surface area contributed by atoms with E-state index >= 15 is 0 Å². The molecule has 19 heavy (non-hydrogen) atoms. The fraction of sp³-hybridized carbons (Fsp3) is 0.750. The topological polar surface area (TPSA) is 18.5 Å². The molecule has 1 atom stereocenters. The monoisotopic (exact) mass is 282 g/mol. The summed E-state index contributed by atoms with van der Waals surface area (Å²) in [7, 11) is 1.53. The number of hydrogen-bond acceptors (Lipinski definition) is 2. The van der Waals surface area contributed by atoms with E-state index in [0.717, 1.165) is 6.42 Å². The summed E-state index contributed by atoms with van der Waals surface area (Å²) in [6.07, 6.45) is 15.7. The highest BCUT2D eigenvalue weighted by Gasteiger charge is 2.40. The third-order valence-electron chi connectivity index (χ3n) is 4.24. The Kier molecular flexibility index (Phi) is 7.65. The van der Waals surface area contributed by atoms with E-state index in [0.29, 0.717) is 5.54 Å². The summed E-state index contributed by atoms with van der Waals surface area (Å²) in [4.78, 5) is 0. The molecule has 110 valence electrons. The van der Waals surface area contributed by atoms with Crippen molar-refractivity contribution >= 4 is 8.56 Å². The van der Waals surface area contributed by atoms with Crippen LogP contribution in [0.2, 0.25) is 12.1 Å². The van der Waals surface area contributed by atoms with Gasteiger partial charge in [0, 0.05) is 19.8 Å². The normalized spacial score (nSPS) is 16.7. The van der Waals surface area contributed by atoms with Gasteiger partial charge in [-0.05, 0) is 25.0 Å². The van der Waals surface area contributed by atoms with Crippen molar-refractivity contribution in [1.29, 1.82) is 0 Å². The summed E-state index contributed by atoms with van der Waals surface area (Å²) in [6.45, 7) is 4.45. The molecule has 0 aliphatic heterocycles. The minimum absolute atomic E-state index is 0.475. The fourth-order valence-electron chi connectivity index (χ4n) is 2.79. The minimum atomic E-state index is -2.08. The Balaban J connectivity index is 2.57. The predicted octanol–water partition coefficient (Wildman–Crippen LogP) is 4.97. The van der Waals surface area contributed by atoms with Gasteiger partial charge < -0.3 is 8.85 Å². The molecule has 0 radical (unpaired) electrons. The first-order chi connectivity index (χ1) is 9.18. The van der Waals surface area contributed by atoms with Crippen LogP contribution in [-0.4, -0.2) is 22.8 Å². The predicted molar refractivity (Wildman–Crippen MR) is 84.6 cm³/mol. The SMILES string of the molecule is CCCCCCCC(C1=CCC=C1)[Si](C)(OC)OC. The van der Waals surface area contributed by atoms with Crippen LogP contribution in [0.25, 0.3) is 0 Å². The van der Waals surface area contributed by atoms with E-state index in [1.54, 1.807) is 14.2 Å². The maximum atomic E-state index is 5.78. The highest BCUT2D eigenvalue weighted by atomic mass is 28.4. The van der Waals surface area contributed by atoms with E-state index in [4.69, 9.17) is 8.85 Å². The van der Waals surface area contributed by atoms with Gasteiger partial charge in [0.2, 0.25) is 0 Å². The first-order valence-corrected chi connectivity index (χ1v) is 10.0. The second-order valence-corrected chi connectivity index (χ2v) is 9.07. The fourth-order valence-corrected chi connectivity index (χ4v) is 5.07. The van der Waals surface area contributed by atoms with Crippen molar-refractivity contribution in [3.63, 3.8) is 0 Å². The van der Waals surface area contributed by atoms with Gasteiger partial charge in [-0.3, -0.25) is 0 Å². The lowest BCUT2D eigenvalue weighted by Crippen LogP contribution is -2.42. The highest BCUT2D eigenvalue weighted by molar-refractivity contribution is 6.68. The molecule has 0 bridgehead atoms. The van der Waals surface area contributed by atoms with Crippen LogP contribution in [0.15, 0.2) is 23.8 Å². The maximum absolute atomic E-state index is 5.78. The zero-order chi connectivity index (χ0) is 14.1. The smallest absolute Gasteiger partial charge is 0.342 e. The van der Waals surface area contributed by atoms with Gasteiger partial charge in [-0.2, -0.15) is 0 Å². The Labute approximate surface area is 120 Å². The van der Waals surface area contributed by atoms with Crippen molar-refractivity contribution in [3.8, 4) is 0 Å². The molecule has 0 N–H and O–H groups in total. The van der Waals surface area contributed by atoms with Gasteiger partial charge in [0.05, 0.1) is 0 Å². The molecule has 0 saturated carbocycles. The highest BCUT2D eigenvalue weighted by Crippen LogP contribution is 2.38. The Bertz CT molecular complexity index is 306. The molecule has 1 aliphatic rings. The molecule has 1 unspecified atom stereocenters. The van der Waals surface area contributed by atoms with Crippen LogP contribution in [-0.2, 0) is 8.85 Å². The molecule has 0 aromatic rings. The van der Waals surface area contributed by atoms with Crippen LogP contribution in [0.3, 0.4) is 0 Å². The second-order valence-electron chi connectivity index (χ2n) is 5.52. The van der Waals surface area contributed by atoms with Gasteiger partial charge >= 0.3 is 8.56 Å². The summed E-state index contributed by atoms with van der Waals surface area (Å²) < 4.78 is 11.6. The molecular formula is C16H30O2Si. The van der Waals surface area contributed by atoms with Gasteiger partial charge in [-0.15, -0.1) is 0 Å². The van der Waals surface area contributed by atoms with Crippen molar-refractivity contribution in [3.05, 3.63) is 23.8 Å². The lowest BCUT2D eigenvalue weighted by molar-refractivity contribution is 0.238. The maximum Gasteiger partial charge on any atom is 0.342 e. The first-order valence-electron chi connectivity index (χ1n) is 7.64. The van der Waals surface area contributed by atoms with E-state index in [9.17, 15) is 0 Å². The second kappa shape index (κ2) is 8.72. The van der Waals surface area contributed by atoms with Gasteiger partial charge in [-0.25, -0.2) is 0 Å². The van der Waals surface area contributed by atoms with Crippen molar-refractivity contribution in [2.75, 3.05) is 14.2 Å². The molecule has 0 amide bonds. The van der Waals surface area contributed by atoms with Gasteiger partial charge in [0.1, 0.15) is 0 Å². The number of rotatable bonds is 10. The molecule has 2 nitrogen and oxygen atoms in total. The van der Waals surface area contributed by atoms with Crippen LogP contribution in [0.5, 0.6) is 0 Å². The molecule has 0 saturated heterocycles. The molecule has 1 aliphatic carbocycles. The molecular weight excluding hydrogens is 252 g/mol. The van der Waals surface area contributed by atoms with E-state index in [-0.39, 0.29) is 0 Å². The van der Waals surface area contributed by atoms with Crippen molar-refractivity contribution in [2.24, 2.45) is 0 Å². The summed E-state index contributed by atoms with van der Waals surface area (Å²) in [6, 6.07) is 0. The van der Waals surface area contributed by atoms with E-state index in [1.165, 1.54) is 44.1 Å². The third kappa shape index (κ3) is 4.90. The molecule has 0 aromatic heterocycles. The summed E-state index contributed by atoms with van der Waals surface area (Å²) in [5.74, 6) is 0. The molecule has 0 heterocycles. The van der Waals surface area contributed by atoms with E-state index < -0.39 is 8.56 Å².